The van der Waals surface area contributed by atoms with E-state index in [-0.39, 0.29) is 18.2 Å². The Labute approximate surface area is 134 Å². The number of hydrogen-bond donors (Lipinski definition) is 4. The average molecular weight is 327 g/mol. The molecular weight excluding hydrogens is 306 g/mol. The van der Waals surface area contributed by atoms with Gasteiger partial charge in [-0.25, -0.2) is 4.79 Å². The molecule has 4 N–H and O–H groups in total. The molecule has 22 heavy (non-hydrogen) atoms. The largest absolute Gasteiger partial charge is 0.492 e. The number of nitrogens with zero attached hydrogens (tertiary/aromatic N) is 1. The van der Waals surface area contributed by atoms with Crippen molar-refractivity contribution in [3.63, 3.8) is 0 Å². The predicted octanol–water partition coefficient (Wildman–Crippen LogP) is 1.04. The first kappa shape index (κ1) is 16.4. The van der Waals surface area contributed by atoms with Gasteiger partial charge in [0.25, 0.3) is 0 Å². The maximum atomic E-state index is 11.6. The van der Waals surface area contributed by atoms with Crippen LogP contribution in [-0.4, -0.2) is 38.1 Å². The van der Waals surface area contributed by atoms with Crippen molar-refractivity contribution in [3.8, 4) is 11.8 Å². The summed E-state index contributed by atoms with van der Waals surface area (Å²) in [7, 11) is 0. The third-order valence-electron chi connectivity index (χ3n) is 3.67. The second-order valence-electron chi connectivity index (χ2n) is 5.42. The molecule has 2 heterocycles. The van der Waals surface area contributed by atoms with Crippen molar-refractivity contribution in [2.45, 2.75) is 51.1 Å². The molecule has 1 fully saturated rings. The molecule has 1 saturated heterocycles. The van der Waals surface area contributed by atoms with Crippen molar-refractivity contribution in [1.29, 1.82) is 0 Å². The van der Waals surface area contributed by atoms with E-state index in [9.17, 15) is 15.0 Å². The number of carbonyl (C=O) groups excluding carboxylic acids is 1. The summed E-state index contributed by atoms with van der Waals surface area (Å²) in [5.74, 6) is -1.11. The molecule has 1 aromatic heterocycles. The molecule has 0 unspecified atom stereocenters. The van der Waals surface area contributed by atoms with Gasteiger partial charge in [-0.05, 0) is 32.0 Å². The van der Waals surface area contributed by atoms with Crippen molar-refractivity contribution < 1.29 is 19.8 Å². The molecule has 7 nitrogen and oxygen atoms in total. The highest BCUT2D eigenvalue weighted by molar-refractivity contribution is 7.80. The maximum absolute atomic E-state index is 11.6. The zero-order chi connectivity index (χ0) is 16.1. The molecule has 0 bridgehead atoms. The first-order valence-electron chi connectivity index (χ1n) is 7.35. The topological polar surface area (TPSA) is 95.8 Å². The molecule has 122 valence electrons. The molecule has 0 amide bonds. The van der Waals surface area contributed by atoms with E-state index < -0.39 is 5.97 Å². The molecular formula is C14H21N3O4S. The number of rotatable bonds is 7. The van der Waals surface area contributed by atoms with Crippen LogP contribution in [-0.2, 0) is 4.79 Å². The zero-order valence-corrected chi connectivity index (χ0v) is 13.2. The van der Waals surface area contributed by atoms with E-state index in [0.717, 1.165) is 19.3 Å². The first-order chi connectivity index (χ1) is 10.5. The van der Waals surface area contributed by atoms with Crippen LogP contribution in [0.3, 0.4) is 0 Å². The number of aromatic hydroxyl groups is 2. The van der Waals surface area contributed by atoms with Gasteiger partial charge in [0.2, 0.25) is 11.8 Å². The number of aromatic nitrogens is 1. The Hall–Kier alpha value is -1.96. The quantitative estimate of drug-likeness (QED) is 0.439. The lowest BCUT2D eigenvalue weighted by Gasteiger charge is -2.13. The van der Waals surface area contributed by atoms with E-state index >= 15 is 0 Å². The van der Waals surface area contributed by atoms with Crippen LogP contribution in [0.25, 0.3) is 0 Å². The third-order valence-corrected chi connectivity index (χ3v) is 3.90. The van der Waals surface area contributed by atoms with E-state index in [1.165, 1.54) is 12.1 Å². The molecule has 1 aliphatic heterocycles. The van der Waals surface area contributed by atoms with E-state index in [1.54, 1.807) is 0 Å². The molecule has 1 aromatic rings. The zero-order valence-electron chi connectivity index (χ0n) is 12.4. The first-order valence-corrected chi connectivity index (χ1v) is 7.76. The Kier molecular flexibility index (Phi) is 5.48. The molecule has 0 aromatic carbocycles. The summed E-state index contributed by atoms with van der Waals surface area (Å²) in [5, 5.41) is 25.8. The monoisotopic (exact) mass is 327 g/mol. The Morgan fingerprint density at radius 3 is 2.55 bits per heavy atom. The van der Waals surface area contributed by atoms with E-state index in [4.69, 9.17) is 17.1 Å². The third kappa shape index (κ3) is 4.27. The number of unbranched alkanes of at least 4 members (excludes halogenated alkanes) is 2. The van der Waals surface area contributed by atoms with Crippen LogP contribution in [0.1, 0.15) is 39.0 Å². The fraction of sp³-hybridized carbons (Fsp3) is 0.571. The van der Waals surface area contributed by atoms with Crippen LogP contribution in [0.15, 0.2) is 12.1 Å². The van der Waals surface area contributed by atoms with Crippen molar-refractivity contribution in [1.82, 2.24) is 15.4 Å². The highest BCUT2D eigenvalue weighted by Crippen LogP contribution is 2.19. The van der Waals surface area contributed by atoms with Crippen molar-refractivity contribution in [2.75, 3.05) is 0 Å². The molecule has 1 aliphatic rings. The molecule has 8 heteroatoms. The lowest BCUT2D eigenvalue weighted by molar-refractivity contribution is -0.145. The van der Waals surface area contributed by atoms with Crippen LogP contribution in [0, 0.1) is 0 Å². The Balaban J connectivity index is 1.61. The summed E-state index contributed by atoms with van der Waals surface area (Å²) in [6.45, 7) is 2.09. The standard InChI is InChI=1S/C14H21N3O4S/c1-9-10(16-14(22)15-9)5-3-2-4-6-13(20)21-17-11(18)7-8-12(17)19/h7-10,18-19H,2-6H2,1H3,(H2,15,16,22)/t9-,10+/m0/s1. The summed E-state index contributed by atoms with van der Waals surface area (Å²) >= 11 is 5.06. The van der Waals surface area contributed by atoms with Gasteiger partial charge in [-0.1, -0.05) is 12.8 Å². The van der Waals surface area contributed by atoms with Gasteiger partial charge in [-0.3, -0.25) is 0 Å². The smallest absolute Gasteiger partial charge is 0.333 e. The predicted molar refractivity (Wildman–Crippen MR) is 84.6 cm³/mol. The van der Waals surface area contributed by atoms with Gasteiger partial charge < -0.3 is 25.7 Å². The molecule has 2 rings (SSSR count). The fourth-order valence-corrected chi connectivity index (χ4v) is 2.76. The Bertz CT molecular complexity index is 527. The minimum absolute atomic E-state index is 0.237. The van der Waals surface area contributed by atoms with Gasteiger partial charge in [0, 0.05) is 30.6 Å². The number of carbonyl (C=O) groups is 1. The van der Waals surface area contributed by atoms with Crippen LogP contribution in [0.2, 0.25) is 0 Å². The van der Waals surface area contributed by atoms with Gasteiger partial charge in [0.05, 0.1) is 0 Å². The van der Waals surface area contributed by atoms with Gasteiger partial charge in [0.1, 0.15) is 0 Å². The fourth-order valence-electron chi connectivity index (χ4n) is 2.42. The summed E-state index contributed by atoms with van der Waals surface area (Å²) in [6, 6.07) is 3.17. The molecule has 2 atom stereocenters. The maximum Gasteiger partial charge on any atom is 0.333 e. The lowest BCUT2D eigenvalue weighted by atomic mass is 10.0. The summed E-state index contributed by atoms with van der Waals surface area (Å²) in [5.41, 5.74) is 0. The second-order valence-corrected chi connectivity index (χ2v) is 5.83. The van der Waals surface area contributed by atoms with Crippen LogP contribution < -0.4 is 15.5 Å². The van der Waals surface area contributed by atoms with E-state index in [0.29, 0.717) is 28.3 Å². The summed E-state index contributed by atoms with van der Waals surface area (Å²) in [4.78, 5) is 16.5. The Morgan fingerprint density at radius 2 is 1.95 bits per heavy atom. The van der Waals surface area contributed by atoms with Crippen LogP contribution in [0.5, 0.6) is 11.8 Å². The summed E-state index contributed by atoms with van der Waals surface area (Å²) in [6.07, 6.45) is 3.81. The second kappa shape index (κ2) is 7.35. The lowest BCUT2D eigenvalue weighted by Crippen LogP contribution is -2.30. The molecule has 0 radical (unpaired) electrons. The highest BCUT2D eigenvalue weighted by atomic mass is 32.1. The molecule has 0 aliphatic carbocycles. The minimum atomic E-state index is -0.489. The van der Waals surface area contributed by atoms with Gasteiger partial charge >= 0.3 is 5.97 Å². The Morgan fingerprint density at radius 1 is 1.27 bits per heavy atom. The van der Waals surface area contributed by atoms with Gasteiger partial charge in [-0.2, -0.15) is 0 Å². The number of thiocarbonyl (C=S) groups is 1. The summed E-state index contributed by atoms with van der Waals surface area (Å²) < 4.78 is 0.707. The van der Waals surface area contributed by atoms with Crippen molar-refractivity contribution in [3.05, 3.63) is 12.1 Å². The molecule has 0 spiro atoms. The number of nitrogens with one attached hydrogen (secondary N) is 2. The normalized spacial score (nSPS) is 20.5. The molecule has 0 saturated carbocycles. The minimum Gasteiger partial charge on any atom is -0.492 e. The van der Waals surface area contributed by atoms with Crippen LogP contribution in [0.4, 0.5) is 0 Å². The van der Waals surface area contributed by atoms with E-state index in [1.807, 2.05) is 0 Å². The SMILES string of the molecule is C[C@@H]1NC(=S)N[C@@H]1CCCCCC(=O)On1c(O)ccc1O. The van der Waals surface area contributed by atoms with Crippen molar-refractivity contribution >= 4 is 23.3 Å². The van der Waals surface area contributed by atoms with Gasteiger partial charge in [-0.15, -0.1) is 4.73 Å². The van der Waals surface area contributed by atoms with Gasteiger partial charge in [0.15, 0.2) is 5.11 Å². The van der Waals surface area contributed by atoms with E-state index in [2.05, 4.69) is 17.6 Å². The van der Waals surface area contributed by atoms with Crippen LogP contribution >= 0.6 is 12.2 Å². The van der Waals surface area contributed by atoms with Crippen molar-refractivity contribution in [2.24, 2.45) is 0 Å². The highest BCUT2D eigenvalue weighted by Gasteiger charge is 2.24. The number of hydrogen-bond acceptors (Lipinski definition) is 5. The average Bonchev–Trinajstić information content (AvgIpc) is 2.94.